The molecule has 0 saturated heterocycles. The topological polar surface area (TPSA) is 82.3 Å². The van der Waals surface area contributed by atoms with Crippen molar-refractivity contribution in [3.05, 3.63) is 0 Å². The summed E-state index contributed by atoms with van der Waals surface area (Å²) in [5.41, 5.74) is 5.64. The molecular formula is C17H40N6O2+2. The van der Waals surface area contributed by atoms with Crippen LogP contribution < -0.4 is 21.5 Å². The van der Waals surface area contributed by atoms with Crippen LogP contribution in [0.5, 0.6) is 0 Å². The van der Waals surface area contributed by atoms with E-state index in [4.69, 9.17) is 0 Å². The highest BCUT2D eigenvalue weighted by atomic mass is 16.2. The van der Waals surface area contributed by atoms with Gasteiger partial charge in [-0.3, -0.25) is 0 Å². The van der Waals surface area contributed by atoms with Crippen molar-refractivity contribution in [3.63, 3.8) is 0 Å². The zero-order valence-electron chi connectivity index (χ0n) is 17.1. The molecule has 0 heterocycles. The van der Waals surface area contributed by atoms with E-state index in [1.165, 1.54) is 19.3 Å². The Balaban J connectivity index is 3.35. The van der Waals surface area contributed by atoms with Gasteiger partial charge < -0.3 is 10.6 Å². The summed E-state index contributed by atoms with van der Waals surface area (Å²) < 4.78 is 0.829. The minimum atomic E-state index is -0.116. The van der Waals surface area contributed by atoms with Gasteiger partial charge in [0.15, 0.2) is 0 Å². The summed E-state index contributed by atoms with van der Waals surface area (Å²) in [6.45, 7) is 1.44. The predicted octanol–water partition coefficient (Wildman–Crippen LogP) is 1.56. The molecule has 4 N–H and O–H groups in total. The molecule has 0 rings (SSSR count). The molecular weight excluding hydrogens is 320 g/mol. The van der Waals surface area contributed by atoms with E-state index in [0.717, 1.165) is 38.8 Å². The summed E-state index contributed by atoms with van der Waals surface area (Å²) in [6, 6.07) is -0.233. The van der Waals surface area contributed by atoms with Gasteiger partial charge in [-0.15, -0.1) is 0 Å². The fourth-order valence-electron chi connectivity index (χ4n) is 2.23. The van der Waals surface area contributed by atoms with E-state index in [0.29, 0.717) is 9.18 Å². The van der Waals surface area contributed by atoms with Crippen LogP contribution in [0, 0.1) is 0 Å². The van der Waals surface area contributed by atoms with E-state index in [2.05, 4.69) is 21.5 Å². The Hall–Kier alpha value is -1.54. The van der Waals surface area contributed by atoms with Crippen LogP contribution >= 0.6 is 0 Å². The van der Waals surface area contributed by atoms with E-state index in [9.17, 15) is 9.59 Å². The number of urea groups is 2. The molecule has 25 heavy (non-hydrogen) atoms. The average Bonchev–Trinajstić information content (AvgIpc) is 2.40. The molecule has 0 radical (unpaired) electrons. The van der Waals surface area contributed by atoms with Gasteiger partial charge in [0, 0.05) is 13.1 Å². The molecule has 148 valence electrons. The molecule has 0 aliphatic carbocycles. The maximum atomic E-state index is 11.5. The van der Waals surface area contributed by atoms with Crippen LogP contribution in [-0.4, -0.2) is 76.6 Å². The number of rotatable bonds is 12. The minimum absolute atomic E-state index is 0.116. The Morgan fingerprint density at radius 2 is 0.840 bits per heavy atom. The highest BCUT2D eigenvalue weighted by Crippen LogP contribution is 2.06. The van der Waals surface area contributed by atoms with Crippen LogP contribution in [0.25, 0.3) is 0 Å². The van der Waals surface area contributed by atoms with Crippen LogP contribution in [0.2, 0.25) is 0 Å². The Kier molecular flexibility index (Phi) is 11.2. The number of nitrogens with one attached hydrogen (secondary N) is 4. The molecule has 8 nitrogen and oxygen atoms in total. The van der Waals surface area contributed by atoms with E-state index < -0.39 is 0 Å². The number of hydrogen-bond acceptors (Lipinski definition) is 2. The molecule has 0 bridgehead atoms. The van der Waals surface area contributed by atoms with E-state index in [-0.39, 0.29) is 12.1 Å². The number of hydrogen-bond donors (Lipinski definition) is 4. The monoisotopic (exact) mass is 360 g/mol. The van der Waals surface area contributed by atoms with E-state index in [1.54, 1.807) is 0 Å². The number of unbranched alkanes of at least 4 members (excludes halogenated alkanes) is 6. The molecule has 0 unspecified atom stereocenters. The van der Waals surface area contributed by atoms with Gasteiger partial charge in [-0.1, -0.05) is 32.1 Å². The lowest BCUT2D eigenvalue weighted by Gasteiger charge is -2.23. The van der Waals surface area contributed by atoms with Crippen LogP contribution in [0.4, 0.5) is 9.59 Å². The number of nitrogens with zero attached hydrogens (tertiary/aromatic N) is 2. The zero-order chi connectivity index (χ0) is 19.3. The molecule has 0 aromatic rings. The molecule has 0 saturated carbocycles. The van der Waals surface area contributed by atoms with Crippen molar-refractivity contribution in [2.45, 2.75) is 44.9 Å². The summed E-state index contributed by atoms with van der Waals surface area (Å²) in [5, 5.41) is 5.74. The molecule has 0 aliphatic rings. The molecule has 8 heteroatoms. The van der Waals surface area contributed by atoms with Crippen molar-refractivity contribution in [2.24, 2.45) is 0 Å². The molecule has 0 aliphatic heterocycles. The SMILES string of the molecule is C[N+](C)(C)NC(=O)NCCCCCCCCCNC(=O)N[N+](C)(C)C. The molecule has 0 atom stereocenters. The van der Waals surface area contributed by atoms with Gasteiger partial charge in [0.25, 0.3) is 0 Å². The Bertz CT molecular complexity index is 352. The van der Waals surface area contributed by atoms with Gasteiger partial charge in [0.05, 0.1) is 42.3 Å². The average molecular weight is 361 g/mol. The second-order valence-corrected chi connectivity index (χ2v) is 8.24. The van der Waals surface area contributed by atoms with Gasteiger partial charge >= 0.3 is 12.1 Å². The Labute approximate surface area is 153 Å². The van der Waals surface area contributed by atoms with Crippen molar-refractivity contribution in [1.29, 1.82) is 0 Å². The first-order chi connectivity index (χ1) is 11.5. The minimum Gasteiger partial charge on any atom is -0.334 e. The first-order valence-electron chi connectivity index (χ1n) is 9.25. The third-order valence-corrected chi connectivity index (χ3v) is 3.30. The van der Waals surface area contributed by atoms with Crippen LogP contribution in [0.3, 0.4) is 0 Å². The first-order valence-corrected chi connectivity index (χ1v) is 9.25. The fourth-order valence-corrected chi connectivity index (χ4v) is 2.23. The number of carbonyl (C=O) groups is 2. The first kappa shape index (κ1) is 23.5. The van der Waals surface area contributed by atoms with Gasteiger partial charge in [0.1, 0.15) is 0 Å². The third kappa shape index (κ3) is 18.6. The zero-order valence-corrected chi connectivity index (χ0v) is 17.1. The van der Waals surface area contributed by atoms with Crippen molar-refractivity contribution < 1.29 is 18.8 Å². The highest BCUT2D eigenvalue weighted by molar-refractivity contribution is 5.72. The molecule has 0 aromatic heterocycles. The molecule has 4 amide bonds. The van der Waals surface area contributed by atoms with E-state index in [1.807, 2.05) is 42.3 Å². The lowest BCUT2D eigenvalue weighted by Crippen LogP contribution is -2.54. The van der Waals surface area contributed by atoms with Crippen molar-refractivity contribution >= 4 is 12.1 Å². The molecule has 0 spiro atoms. The summed E-state index contributed by atoms with van der Waals surface area (Å²) in [5.74, 6) is 0. The standard InChI is InChI=1S/C17H38N6O2/c1-22(2,3)20-16(24)18-14-12-10-8-7-9-11-13-15-19-17(25)21-23(4,5)6/h7-15H2,1-6H3,(H2-2,18,19,20,21,24,25)/p+2. The van der Waals surface area contributed by atoms with Gasteiger partial charge in [-0.05, 0) is 12.8 Å². The normalized spacial score (nSPS) is 11.8. The van der Waals surface area contributed by atoms with Crippen molar-refractivity contribution in [2.75, 3.05) is 55.4 Å². The smallest absolute Gasteiger partial charge is 0.334 e. The maximum absolute atomic E-state index is 11.5. The van der Waals surface area contributed by atoms with E-state index >= 15 is 0 Å². The van der Waals surface area contributed by atoms with Gasteiger partial charge in [0.2, 0.25) is 0 Å². The lowest BCUT2D eigenvalue weighted by molar-refractivity contribution is -0.905. The Morgan fingerprint density at radius 3 is 1.12 bits per heavy atom. The largest absolute Gasteiger partial charge is 0.359 e. The number of carbonyl (C=O) groups excluding carboxylic acids is 2. The Morgan fingerprint density at radius 1 is 0.560 bits per heavy atom. The predicted molar refractivity (Wildman–Crippen MR) is 101 cm³/mol. The van der Waals surface area contributed by atoms with Gasteiger partial charge in [-0.25, -0.2) is 18.8 Å². The summed E-state index contributed by atoms with van der Waals surface area (Å²) in [7, 11) is 11.4. The molecule has 0 aromatic carbocycles. The third-order valence-electron chi connectivity index (χ3n) is 3.30. The summed E-state index contributed by atoms with van der Waals surface area (Å²) >= 11 is 0. The number of amides is 4. The van der Waals surface area contributed by atoms with Crippen molar-refractivity contribution in [3.8, 4) is 0 Å². The van der Waals surface area contributed by atoms with Gasteiger partial charge in [-0.2, -0.15) is 10.9 Å². The number of quaternary nitrogens is 2. The second-order valence-electron chi connectivity index (χ2n) is 8.24. The van der Waals surface area contributed by atoms with Crippen LogP contribution in [-0.2, 0) is 0 Å². The fraction of sp³-hybridized carbons (Fsp3) is 0.882. The van der Waals surface area contributed by atoms with Crippen LogP contribution in [0.1, 0.15) is 44.9 Å². The van der Waals surface area contributed by atoms with Crippen molar-refractivity contribution in [1.82, 2.24) is 21.5 Å². The quantitative estimate of drug-likeness (QED) is 0.242. The lowest BCUT2D eigenvalue weighted by atomic mass is 10.1. The molecule has 0 fully saturated rings. The maximum Gasteiger partial charge on any atom is 0.359 e. The summed E-state index contributed by atoms with van der Waals surface area (Å²) in [6.07, 6.45) is 7.87. The highest BCUT2D eigenvalue weighted by Gasteiger charge is 2.11. The van der Waals surface area contributed by atoms with Crippen LogP contribution in [0.15, 0.2) is 0 Å². The summed E-state index contributed by atoms with van der Waals surface area (Å²) in [4.78, 5) is 23.1. The second kappa shape index (κ2) is 11.9.